The minimum atomic E-state index is -1.18. The van der Waals surface area contributed by atoms with E-state index in [-0.39, 0.29) is 134 Å². The Bertz CT molecular complexity index is 1260. The predicted molar refractivity (Wildman–Crippen MR) is 243 cm³/mol. The minimum absolute atomic E-state index is 0.0259. The highest BCUT2D eigenvalue weighted by Crippen LogP contribution is 2.14. The van der Waals surface area contributed by atoms with Gasteiger partial charge in [0, 0.05) is 44.8 Å². The molecule has 0 aliphatic carbocycles. The van der Waals surface area contributed by atoms with Gasteiger partial charge < -0.3 is 59.9 Å². The first-order chi connectivity index (χ1) is 31.4. The normalized spacial score (nSPS) is 11.6. The molecule has 378 valence electrons. The summed E-state index contributed by atoms with van der Waals surface area (Å²) in [6, 6.07) is -1.14. The summed E-state index contributed by atoms with van der Waals surface area (Å²) in [6.45, 7) is 6.40. The number of nitrogens with one attached hydrogen (secondary N) is 4. The Morgan fingerprint density at radius 3 is 1.14 bits per heavy atom. The SMILES string of the molecule is CC(C)C(=O)COCCOCCNC(=O)COCCOCCNC(=O)COCCOCCNC(=O)CC[C@H](NC(=O)CCCCCCCCCCCCCCCCCCC(=O)O)C(=O)O. The maximum absolute atomic E-state index is 12.4. The zero-order valence-electron chi connectivity index (χ0n) is 39.6. The lowest BCUT2D eigenvalue weighted by Crippen LogP contribution is -2.41. The number of ketones is 1. The zero-order valence-corrected chi connectivity index (χ0v) is 39.6. The van der Waals surface area contributed by atoms with Crippen molar-refractivity contribution in [1.82, 2.24) is 21.3 Å². The molecule has 0 aliphatic rings. The molecule has 0 aliphatic heterocycles. The highest BCUT2D eigenvalue weighted by atomic mass is 16.5. The Morgan fingerprint density at radius 2 is 0.754 bits per heavy atom. The molecule has 0 aromatic heterocycles. The van der Waals surface area contributed by atoms with Gasteiger partial charge in [0.25, 0.3) is 0 Å². The number of ether oxygens (including phenoxy) is 6. The van der Waals surface area contributed by atoms with Gasteiger partial charge in [-0.25, -0.2) is 4.79 Å². The summed E-state index contributed by atoms with van der Waals surface area (Å²) in [5.41, 5.74) is 0. The molecule has 0 aromatic rings. The van der Waals surface area contributed by atoms with Crippen LogP contribution in [0.15, 0.2) is 0 Å². The van der Waals surface area contributed by atoms with E-state index in [1.807, 2.05) is 13.8 Å². The number of carbonyl (C=O) groups is 7. The van der Waals surface area contributed by atoms with Crippen LogP contribution in [-0.4, -0.2) is 157 Å². The predicted octanol–water partition coefficient (Wildman–Crippen LogP) is 4.12. The fourth-order valence-electron chi connectivity index (χ4n) is 6.14. The van der Waals surface area contributed by atoms with E-state index in [9.17, 15) is 38.7 Å². The highest BCUT2D eigenvalue weighted by Gasteiger charge is 2.21. The molecule has 0 heterocycles. The molecule has 4 amide bonds. The molecular weight excluding hydrogens is 849 g/mol. The first-order valence-electron chi connectivity index (χ1n) is 24.0. The van der Waals surface area contributed by atoms with Crippen molar-refractivity contribution in [3.05, 3.63) is 0 Å². The van der Waals surface area contributed by atoms with Gasteiger partial charge in [-0.15, -0.1) is 0 Å². The molecule has 65 heavy (non-hydrogen) atoms. The topological polar surface area (TPSA) is 263 Å². The average molecular weight is 933 g/mol. The van der Waals surface area contributed by atoms with Crippen molar-refractivity contribution >= 4 is 41.4 Å². The molecule has 0 unspecified atom stereocenters. The van der Waals surface area contributed by atoms with Crippen LogP contribution in [0.2, 0.25) is 0 Å². The third kappa shape index (κ3) is 45.2. The smallest absolute Gasteiger partial charge is 0.326 e. The quantitative estimate of drug-likeness (QED) is 0.0469. The van der Waals surface area contributed by atoms with Crippen LogP contribution < -0.4 is 21.3 Å². The van der Waals surface area contributed by atoms with Crippen LogP contribution in [0.4, 0.5) is 0 Å². The van der Waals surface area contributed by atoms with Gasteiger partial charge in [-0.1, -0.05) is 104 Å². The highest BCUT2D eigenvalue weighted by molar-refractivity contribution is 5.84. The van der Waals surface area contributed by atoms with E-state index in [4.69, 9.17) is 33.5 Å². The second-order valence-electron chi connectivity index (χ2n) is 16.2. The second kappa shape index (κ2) is 45.4. The standard InChI is InChI=1S/C46H84N4O15/c1-38(2)40(51)35-63-32-29-61-27-24-48-43(54)37-65-34-31-62-28-25-49-44(55)36-64-33-30-60-26-23-47-41(52)22-21-39(46(58)59)50-42(53)19-17-15-13-11-9-7-5-3-4-6-8-10-12-14-16-18-20-45(56)57/h38-39H,3-37H2,1-2H3,(H,47,52)(H,48,54)(H,49,55)(H,50,53)(H,56,57)(H,58,59)/t39-/m0/s1. The maximum Gasteiger partial charge on any atom is 0.326 e. The molecule has 0 bridgehead atoms. The number of carboxylic acids is 2. The van der Waals surface area contributed by atoms with Gasteiger partial charge in [0.1, 0.15) is 25.9 Å². The molecule has 19 nitrogen and oxygen atoms in total. The molecule has 19 heteroatoms. The van der Waals surface area contributed by atoms with Gasteiger partial charge in [0.05, 0.1) is 59.5 Å². The second-order valence-corrected chi connectivity index (χ2v) is 16.2. The van der Waals surface area contributed by atoms with E-state index >= 15 is 0 Å². The number of rotatable bonds is 49. The summed E-state index contributed by atoms with van der Waals surface area (Å²) in [4.78, 5) is 81.9. The van der Waals surface area contributed by atoms with Crippen LogP contribution in [0.3, 0.4) is 0 Å². The molecule has 0 saturated carbocycles. The third-order valence-corrected chi connectivity index (χ3v) is 10.0. The van der Waals surface area contributed by atoms with Crippen LogP contribution in [-0.2, 0) is 62.0 Å². The number of carbonyl (C=O) groups excluding carboxylic acids is 5. The lowest BCUT2D eigenvalue weighted by molar-refractivity contribution is -0.142. The average Bonchev–Trinajstić information content (AvgIpc) is 3.26. The Labute approximate surface area is 387 Å². The van der Waals surface area contributed by atoms with E-state index in [1.165, 1.54) is 57.8 Å². The molecule has 0 fully saturated rings. The first kappa shape index (κ1) is 61.2. The van der Waals surface area contributed by atoms with Gasteiger partial charge in [-0.3, -0.25) is 28.8 Å². The Kier molecular flexibility index (Phi) is 42.8. The fourth-order valence-corrected chi connectivity index (χ4v) is 6.14. The van der Waals surface area contributed by atoms with E-state index < -0.39 is 18.0 Å². The van der Waals surface area contributed by atoms with Crippen molar-refractivity contribution in [3.8, 4) is 0 Å². The fraction of sp³-hybridized carbons (Fsp3) is 0.848. The van der Waals surface area contributed by atoms with Crippen LogP contribution in [0.25, 0.3) is 0 Å². The van der Waals surface area contributed by atoms with Crippen LogP contribution in [0, 0.1) is 5.92 Å². The monoisotopic (exact) mass is 933 g/mol. The van der Waals surface area contributed by atoms with Crippen molar-refractivity contribution in [2.24, 2.45) is 5.92 Å². The zero-order chi connectivity index (χ0) is 48.0. The molecule has 0 radical (unpaired) electrons. The van der Waals surface area contributed by atoms with Gasteiger partial charge in [-0.2, -0.15) is 0 Å². The lowest BCUT2D eigenvalue weighted by Gasteiger charge is -2.14. The molecule has 0 spiro atoms. The maximum atomic E-state index is 12.4. The number of unbranched alkanes of at least 4 members (excludes halogenated alkanes) is 15. The third-order valence-electron chi connectivity index (χ3n) is 10.0. The van der Waals surface area contributed by atoms with Crippen molar-refractivity contribution in [2.75, 3.05) is 98.9 Å². The van der Waals surface area contributed by atoms with E-state index in [2.05, 4.69) is 21.3 Å². The van der Waals surface area contributed by atoms with Crippen molar-refractivity contribution in [1.29, 1.82) is 0 Å². The number of aliphatic carboxylic acids is 2. The van der Waals surface area contributed by atoms with Gasteiger partial charge in [0.15, 0.2) is 5.78 Å². The summed E-state index contributed by atoms with van der Waals surface area (Å²) in [5, 5.41) is 28.7. The summed E-state index contributed by atoms with van der Waals surface area (Å²) >= 11 is 0. The van der Waals surface area contributed by atoms with E-state index in [0.717, 1.165) is 38.5 Å². The molecular formula is C46H84N4O15. The lowest BCUT2D eigenvalue weighted by atomic mass is 10.0. The summed E-state index contributed by atoms with van der Waals surface area (Å²) in [7, 11) is 0. The molecule has 0 aromatic carbocycles. The van der Waals surface area contributed by atoms with E-state index in [1.54, 1.807) is 0 Å². The Balaban J connectivity index is 3.61. The number of hydrogen-bond acceptors (Lipinski definition) is 13. The number of Topliss-reactive ketones (excluding diaryl/α,β-unsaturated/α-hetero) is 1. The Morgan fingerprint density at radius 1 is 0.400 bits per heavy atom. The van der Waals surface area contributed by atoms with Crippen molar-refractivity contribution < 1.29 is 72.2 Å². The Hall–Kier alpha value is -3.75. The van der Waals surface area contributed by atoms with Crippen LogP contribution in [0.5, 0.6) is 0 Å². The largest absolute Gasteiger partial charge is 0.481 e. The van der Waals surface area contributed by atoms with Gasteiger partial charge in [0.2, 0.25) is 23.6 Å². The summed E-state index contributed by atoms with van der Waals surface area (Å²) < 4.78 is 31.9. The van der Waals surface area contributed by atoms with Gasteiger partial charge in [-0.05, 0) is 19.3 Å². The summed E-state index contributed by atoms with van der Waals surface area (Å²) in [5.74, 6) is -3.20. The van der Waals surface area contributed by atoms with Gasteiger partial charge >= 0.3 is 11.9 Å². The number of carboxylic acid groups (broad SMARTS) is 2. The van der Waals surface area contributed by atoms with Crippen molar-refractivity contribution in [3.63, 3.8) is 0 Å². The molecule has 1 atom stereocenters. The van der Waals surface area contributed by atoms with Crippen LogP contribution in [0.1, 0.15) is 142 Å². The summed E-state index contributed by atoms with van der Waals surface area (Å²) in [6.07, 6.45) is 18.3. The minimum Gasteiger partial charge on any atom is -0.481 e. The number of amides is 4. The molecule has 0 saturated heterocycles. The number of hydrogen-bond donors (Lipinski definition) is 6. The first-order valence-corrected chi connectivity index (χ1v) is 24.0. The molecule has 0 rings (SSSR count). The van der Waals surface area contributed by atoms with E-state index in [0.29, 0.717) is 32.8 Å². The van der Waals surface area contributed by atoms with Crippen LogP contribution >= 0.6 is 0 Å². The van der Waals surface area contributed by atoms with Crippen molar-refractivity contribution in [2.45, 2.75) is 148 Å². The molecule has 6 N–H and O–H groups in total.